The van der Waals surface area contributed by atoms with E-state index in [1.165, 1.54) is 0 Å². The minimum atomic E-state index is -2.96. The number of nitrogens with one attached hydrogen (secondary N) is 2. The van der Waals surface area contributed by atoms with E-state index in [-0.39, 0.29) is 23.5 Å². The molecular weight excluding hydrogens is 254 g/mol. The van der Waals surface area contributed by atoms with Gasteiger partial charge in [-0.15, -0.1) is 0 Å². The van der Waals surface area contributed by atoms with Crippen LogP contribution in [0.5, 0.6) is 0 Å². The molecule has 2 N–H and O–H groups in total. The first-order valence-electron chi connectivity index (χ1n) is 6.12. The van der Waals surface area contributed by atoms with Gasteiger partial charge in [0.1, 0.15) is 0 Å². The topological polar surface area (TPSA) is 91.9 Å². The van der Waals surface area contributed by atoms with E-state index in [1.54, 1.807) is 0 Å². The van der Waals surface area contributed by atoms with E-state index < -0.39 is 9.84 Å². The van der Waals surface area contributed by atoms with E-state index in [2.05, 4.69) is 15.5 Å². The fourth-order valence-corrected chi connectivity index (χ4v) is 4.34. The Labute approximate surface area is 105 Å². The zero-order valence-electron chi connectivity index (χ0n) is 9.90. The summed E-state index contributed by atoms with van der Waals surface area (Å²) in [4.78, 5) is 12.0. The van der Waals surface area contributed by atoms with Crippen LogP contribution in [0.25, 0.3) is 0 Å². The Morgan fingerprint density at radius 1 is 1.39 bits per heavy atom. The summed E-state index contributed by atoms with van der Waals surface area (Å²) in [5, 5.41) is 9.67. The van der Waals surface area contributed by atoms with Gasteiger partial charge in [0.25, 0.3) is 5.91 Å². The first-order valence-corrected chi connectivity index (χ1v) is 7.95. The van der Waals surface area contributed by atoms with E-state index in [9.17, 15) is 13.2 Å². The van der Waals surface area contributed by atoms with Gasteiger partial charge >= 0.3 is 0 Å². The molecule has 3 rings (SSSR count). The first-order chi connectivity index (χ1) is 8.55. The maximum atomic E-state index is 12.0. The van der Waals surface area contributed by atoms with Gasteiger partial charge in [0.15, 0.2) is 15.5 Å². The number of carbonyl (C=O) groups is 1. The maximum Gasteiger partial charge on any atom is 0.272 e. The second-order valence-electron chi connectivity index (χ2n) is 4.96. The van der Waals surface area contributed by atoms with Crippen molar-refractivity contribution in [3.63, 3.8) is 0 Å². The van der Waals surface area contributed by atoms with Gasteiger partial charge in [-0.2, -0.15) is 5.10 Å². The molecule has 0 aromatic carbocycles. The highest BCUT2D eigenvalue weighted by Gasteiger charge is 2.31. The Hall–Kier alpha value is -1.37. The van der Waals surface area contributed by atoms with Gasteiger partial charge in [-0.05, 0) is 25.7 Å². The molecule has 0 spiro atoms. The van der Waals surface area contributed by atoms with E-state index >= 15 is 0 Å². The van der Waals surface area contributed by atoms with Gasteiger partial charge in [0.2, 0.25) is 0 Å². The molecule has 1 aliphatic heterocycles. The summed E-state index contributed by atoms with van der Waals surface area (Å²) < 4.78 is 22.6. The summed E-state index contributed by atoms with van der Waals surface area (Å²) in [7, 11) is -2.96. The molecule has 1 atom stereocenters. The van der Waals surface area contributed by atoms with Crippen molar-refractivity contribution >= 4 is 15.7 Å². The third-order valence-electron chi connectivity index (χ3n) is 3.59. The fourth-order valence-electron chi connectivity index (χ4n) is 2.67. The predicted octanol–water partition coefficient (Wildman–Crippen LogP) is -0.185. The lowest BCUT2D eigenvalue weighted by Crippen LogP contribution is -2.36. The Balaban J connectivity index is 1.72. The maximum absolute atomic E-state index is 12.0. The van der Waals surface area contributed by atoms with Crippen LogP contribution in [0.4, 0.5) is 0 Å². The Bertz CT molecular complexity index is 591. The quantitative estimate of drug-likeness (QED) is 0.778. The number of amides is 1. The monoisotopic (exact) mass is 269 g/mol. The number of hydrogen-bond donors (Lipinski definition) is 2. The number of aromatic amines is 1. The summed E-state index contributed by atoms with van der Waals surface area (Å²) in [6, 6.07) is -0.267. The van der Waals surface area contributed by atoms with Crippen LogP contribution < -0.4 is 5.32 Å². The summed E-state index contributed by atoms with van der Waals surface area (Å²) in [5.74, 6) is -0.0430. The van der Waals surface area contributed by atoms with Crippen molar-refractivity contribution in [3.8, 4) is 0 Å². The summed E-state index contributed by atoms with van der Waals surface area (Å²) >= 11 is 0. The molecule has 0 radical (unpaired) electrons. The number of sulfone groups is 1. The molecule has 18 heavy (non-hydrogen) atoms. The SMILES string of the molecule is O=C(N[C@@H]1CCS(=O)(=O)C1)c1n[nH]c2c1CCC2. The van der Waals surface area contributed by atoms with Crippen LogP contribution in [0.2, 0.25) is 0 Å². The molecule has 0 unspecified atom stereocenters. The number of fused-ring (bicyclic) bond motifs is 1. The van der Waals surface area contributed by atoms with Crippen LogP contribution in [-0.4, -0.2) is 42.1 Å². The molecule has 1 aromatic heterocycles. The average molecular weight is 269 g/mol. The van der Waals surface area contributed by atoms with Gasteiger partial charge < -0.3 is 5.32 Å². The predicted molar refractivity (Wildman–Crippen MR) is 65.1 cm³/mol. The summed E-state index contributed by atoms with van der Waals surface area (Å²) in [5.41, 5.74) is 2.47. The fraction of sp³-hybridized carbons (Fsp3) is 0.636. The number of aromatic nitrogens is 2. The van der Waals surface area contributed by atoms with Crippen LogP contribution in [0, 0.1) is 0 Å². The van der Waals surface area contributed by atoms with Crippen LogP contribution >= 0.6 is 0 Å². The van der Waals surface area contributed by atoms with Crippen LogP contribution in [0.15, 0.2) is 0 Å². The van der Waals surface area contributed by atoms with Crippen molar-refractivity contribution in [1.82, 2.24) is 15.5 Å². The van der Waals surface area contributed by atoms with Crippen LogP contribution in [0.3, 0.4) is 0 Å². The molecule has 1 aromatic rings. The highest BCUT2D eigenvalue weighted by atomic mass is 32.2. The van der Waals surface area contributed by atoms with E-state index in [0.29, 0.717) is 12.1 Å². The van der Waals surface area contributed by atoms with Gasteiger partial charge in [-0.1, -0.05) is 0 Å². The number of rotatable bonds is 2. The molecule has 1 fully saturated rings. The van der Waals surface area contributed by atoms with Gasteiger partial charge in [-0.3, -0.25) is 9.89 Å². The van der Waals surface area contributed by atoms with Gasteiger partial charge in [-0.25, -0.2) is 8.42 Å². The molecular formula is C11H15N3O3S. The molecule has 6 nitrogen and oxygen atoms in total. The van der Waals surface area contributed by atoms with Crippen molar-refractivity contribution < 1.29 is 13.2 Å². The summed E-state index contributed by atoms with van der Waals surface area (Å²) in [6.07, 6.45) is 3.35. The second kappa shape index (κ2) is 4.08. The number of hydrogen-bond acceptors (Lipinski definition) is 4. The summed E-state index contributed by atoms with van der Waals surface area (Å²) in [6.45, 7) is 0. The van der Waals surface area contributed by atoms with Crippen molar-refractivity contribution in [2.75, 3.05) is 11.5 Å². The lowest BCUT2D eigenvalue weighted by molar-refractivity contribution is 0.0935. The molecule has 0 saturated carbocycles. The molecule has 0 bridgehead atoms. The van der Waals surface area contributed by atoms with Gasteiger partial charge in [0.05, 0.1) is 11.5 Å². The van der Waals surface area contributed by atoms with Crippen LogP contribution in [0.1, 0.15) is 34.6 Å². The minimum Gasteiger partial charge on any atom is -0.347 e. The molecule has 98 valence electrons. The number of nitrogens with zero attached hydrogens (tertiary/aromatic N) is 1. The number of H-pyrrole nitrogens is 1. The standard InChI is InChI=1S/C11H15N3O3S/c15-11(12-7-4-5-18(16,17)6-7)10-8-2-1-3-9(8)13-14-10/h7H,1-6H2,(H,12,15)(H,13,14)/t7-/m1/s1. The molecule has 1 aliphatic carbocycles. The first kappa shape index (κ1) is 11.7. The van der Waals surface area contributed by atoms with E-state index in [1.807, 2.05) is 0 Å². The smallest absolute Gasteiger partial charge is 0.272 e. The van der Waals surface area contributed by atoms with E-state index in [4.69, 9.17) is 0 Å². The largest absolute Gasteiger partial charge is 0.347 e. The average Bonchev–Trinajstić information content (AvgIpc) is 2.92. The third-order valence-corrected chi connectivity index (χ3v) is 5.36. The Kier molecular flexibility index (Phi) is 2.65. The van der Waals surface area contributed by atoms with E-state index in [0.717, 1.165) is 30.5 Å². The van der Waals surface area contributed by atoms with Gasteiger partial charge in [0, 0.05) is 17.3 Å². The minimum absolute atomic E-state index is 0.0470. The van der Waals surface area contributed by atoms with Crippen molar-refractivity contribution in [2.45, 2.75) is 31.7 Å². The zero-order chi connectivity index (χ0) is 12.8. The molecule has 2 heterocycles. The number of aryl methyl sites for hydroxylation is 1. The molecule has 1 saturated heterocycles. The van der Waals surface area contributed by atoms with Crippen molar-refractivity contribution in [1.29, 1.82) is 0 Å². The number of carbonyl (C=O) groups excluding carboxylic acids is 1. The molecule has 1 amide bonds. The second-order valence-corrected chi connectivity index (χ2v) is 7.19. The Morgan fingerprint density at radius 3 is 2.94 bits per heavy atom. The molecule has 7 heteroatoms. The van der Waals surface area contributed by atoms with Crippen molar-refractivity contribution in [2.24, 2.45) is 0 Å². The highest BCUT2D eigenvalue weighted by Crippen LogP contribution is 2.23. The van der Waals surface area contributed by atoms with Crippen molar-refractivity contribution in [3.05, 3.63) is 17.0 Å². The lowest BCUT2D eigenvalue weighted by Gasteiger charge is -2.09. The lowest BCUT2D eigenvalue weighted by atomic mass is 10.2. The third kappa shape index (κ3) is 2.03. The zero-order valence-corrected chi connectivity index (χ0v) is 10.7. The highest BCUT2D eigenvalue weighted by molar-refractivity contribution is 7.91. The normalized spacial score (nSPS) is 25.0. The Morgan fingerprint density at radius 2 is 2.22 bits per heavy atom. The van der Waals surface area contributed by atoms with Crippen LogP contribution in [-0.2, 0) is 22.7 Å². The molecule has 2 aliphatic rings.